The lowest BCUT2D eigenvalue weighted by atomic mass is 10.2. The molecular weight excluding hydrogens is 282 g/mol. The summed E-state index contributed by atoms with van der Waals surface area (Å²) in [4.78, 5) is 12.3. The summed E-state index contributed by atoms with van der Waals surface area (Å²) in [5.41, 5.74) is 0.595. The zero-order valence-corrected chi connectivity index (χ0v) is 13.6. The van der Waals surface area contributed by atoms with Crippen molar-refractivity contribution in [2.45, 2.75) is 33.0 Å². The van der Waals surface area contributed by atoms with Crippen LogP contribution in [0.2, 0.25) is 0 Å². The second-order valence-electron chi connectivity index (χ2n) is 5.77. The van der Waals surface area contributed by atoms with Crippen molar-refractivity contribution in [3.05, 3.63) is 23.8 Å². The fourth-order valence-electron chi connectivity index (χ4n) is 2.88. The van der Waals surface area contributed by atoms with Gasteiger partial charge in [-0.2, -0.15) is 0 Å². The molecule has 0 spiro atoms. The minimum atomic E-state index is 0.296. The molecule has 1 aromatic carbocycles. The molecule has 1 aromatic rings. The first-order chi connectivity index (χ1) is 10.6. The van der Waals surface area contributed by atoms with Crippen LogP contribution in [0.5, 0.6) is 11.5 Å². The SMILES string of the molecule is CCOc1cc(C=O)ccc1OCC[NH+]1C[C@@H](C)O[C@H](C)C1. The summed E-state index contributed by atoms with van der Waals surface area (Å²) >= 11 is 0. The summed E-state index contributed by atoms with van der Waals surface area (Å²) in [5, 5.41) is 0. The van der Waals surface area contributed by atoms with Crippen LogP contribution in [0.3, 0.4) is 0 Å². The third kappa shape index (κ3) is 4.71. The maximum atomic E-state index is 10.8. The molecule has 5 nitrogen and oxygen atoms in total. The molecule has 1 heterocycles. The molecule has 0 amide bonds. The fraction of sp³-hybridized carbons (Fsp3) is 0.588. The van der Waals surface area contributed by atoms with Gasteiger partial charge < -0.3 is 19.1 Å². The van der Waals surface area contributed by atoms with Crippen LogP contribution in [0, 0.1) is 0 Å². The average Bonchev–Trinajstić information content (AvgIpc) is 2.48. The van der Waals surface area contributed by atoms with Gasteiger partial charge in [0.1, 0.15) is 44.7 Å². The molecule has 0 saturated carbocycles. The highest BCUT2D eigenvalue weighted by atomic mass is 16.5. The Morgan fingerprint density at radius 3 is 2.59 bits per heavy atom. The van der Waals surface area contributed by atoms with E-state index in [-0.39, 0.29) is 0 Å². The lowest BCUT2D eigenvalue weighted by Crippen LogP contribution is -3.16. The van der Waals surface area contributed by atoms with Crippen LogP contribution < -0.4 is 14.4 Å². The lowest BCUT2D eigenvalue weighted by molar-refractivity contribution is -0.915. The number of morpholine rings is 1. The fourth-order valence-corrected chi connectivity index (χ4v) is 2.88. The highest BCUT2D eigenvalue weighted by molar-refractivity contribution is 5.76. The predicted octanol–water partition coefficient (Wildman–Crippen LogP) is 0.969. The Labute approximate surface area is 132 Å². The van der Waals surface area contributed by atoms with E-state index in [0.29, 0.717) is 42.5 Å². The molecule has 0 radical (unpaired) electrons. The number of aldehydes is 1. The Kier molecular flexibility index (Phi) is 6.21. The largest absolute Gasteiger partial charge is 0.490 e. The van der Waals surface area contributed by atoms with Gasteiger partial charge in [0.05, 0.1) is 6.61 Å². The number of hydrogen-bond donors (Lipinski definition) is 1. The van der Waals surface area contributed by atoms with Gasteiger partial charge in [-0.15, -0.1) is 0 Å². The molecule has 1 fully saturated rings. The van der Waals surface area contributed by atoms with Crippen molar-refractivity contribution in [2.75, 3.05) is 32.8 Å². The Balaban J connectivity index is 1.89. The molecule has 1 N–H and O–H groups in total. The Hall–Kier alpha value is -1.59. The molecule has 22 heavy (non-hydrogen) atoms. The van der Waals surface area contributed by atoms with Gasteiger partial charge in [-0.3, -0.25) is 4.79 Å². The highest BCUT2D eigenvalue weighted by Crippen LogP contribution is 2.27. The number of carbonyl (C=O) groups is 1. The van der Waals surface area contributed by atoms with Crippen molar-refractivity contribution in [1.82, 2.24) is 0 Å². The van der Waals surface area contributed by atoms with E-state index in [0.717, 1.165) is 25.9 Å². The van der Waals surface area contributed by atoms with Crippen LogP contribution in [0.15, 0.2) is 18.2 Å². The first kappa shape index (κ1) is 16.8. The number of benzene rings is 1. The van der Waals surface area contributed by atoms with Crippen molar-refractivity contribution in [3.8, 4) is 11.5 Å². The quantitative estimate of drug-likeness (QED) is 0.763. The third-order valence-electron chi connectivity index (χ3n) is 3.73. The normalized spacial score (nSPS) is 24.8. The number of nitrogens with one attached hydrogen (secondary N) is 1. The standard InChI is InChI=1S/C17H25NO4/c1-4-20-17-9-15(12-19)5-6-16(17)21-8-7-18-10-13(2)22-14(3)11-18/h5-6,9,12-14H,4,7-8,10-11H2,1-3H3/p+1/t13-,14-/m1/s1. The van der Waals surface area contributed by atoms with Crippen LogP contribution in [0.25, 0.3) is 0 Å². The van der Waals surface area contributed by atoms with E-state index >= 15 is 0 Å². The van der Waals surface area contributed by atoms with Gasteiger partial charge in [-0.1, -0.05) is 0 Å². The highest BCUT2D eigenvalue weighted by Gasteiger charge is 2.25. The second kappa shape index (κ2) is 8.15. The Morgan fingerprint density at radius 2 is 1.95 bits per heavy atom. The number of ether oxygens (including phenoxy) is 3. The van der Waals surface area contributed by atoms with Crippen molar-refractivity contribution in [3.63, 3.8) is 0 Å². The van der Waals surface area contributed by atoms with Crippen molar-refractivity contribution < 1.29 is 23.9 Å². The van der Waals surface area contributed by atoms with Crippen molar-refractivity contribution in [2.24, 2.45) is 0 Å². The van der Waals surface area contributed by atoms with E-state index in [1.807, 2.05) is 6.92 Å². The molecule has 1 aliphatic heterocycles. The van der Waals surface area contributed by atoms with Crippen LogP contribution in [-0.2, 0) is 4.74 Å². The van der Waals surface area contributed by atoms with Gasteiger partial charge in [-0.25, -0.2) is 0 Å². The first-order valence-corrected chi connectivity index (χ1v) is 7.96. The molecule has 122 valence electrons. The van der Waals surface area contributed by atoms with Crippen molar-refractivity contribution >= 4 is 6.29 Å². The molecule has 2 atom stereocenters. The summed E-state index contributed by atoms with van der Waals surface area (Å²) in [6.45, 7) is 10.3. The molecule has 0 bridgehead atoms. The molecule has 0 unspecified atom stereocenters. The lowest BCUT2D eigenvalue weighted by Gasteiger charge is -2.32. The second-order valence-corrected chi connectivity index (χ2v) is 5.77. The van der Waals surface area contributed by atoms with Crippen LogP contribution >= 0.6 is 0 Å². The van der Waals surface area contributed by atoms with Gasteiger partial charge in [0, 0.05) is 5.56 Å². The third-order valence-corrected chi connectivity index (χ3v) is 3.73. The maximum absolute atomic E-state index is 10.8. The number of rotatable bonds is 7. The minimum absolute atomic E-state index is 0.296. The zero-order valence-electron chi connectivity index (χ0n) is 13.6. The molecule has 1 saturated heterocycles. The summed E-state index contributed by atoms with van der Waals surface area (Å²) in [5.74, 6) is 1.33. The first-order valence-electron chi connectivity index (χ1n) is 7.96. The van der Waals surface area contributed by atoms with Crippen molar-refractivity contribution in [1.29, 1.82) is 0 Å². The molecular formula is C17H26NO4+. The van der Waals surface area contributed by atoms with Gasteiger partial charge in [0.2, 0.25) is 0 Å². The Bertz CT molecular complexity index is 482. The summed E-state index contributed by atoms with van der Waals surface area (Å²) in [6.07, 6.45) is 1.40. The van der Waals surface area contributed by atoms with Gasteiger partial charge in [-0.05, 0) is 39.0 Å². The number of hydrogen-bond acceptors (Lipinski definition) is 4. The van der Waals surface area contributed by atoms with E-state index < -0.39 is 0 Å². The van der Waals surface area contributed by atoms with E-state index in [4.69, 9.17) is 14.2 Å². The predicted molar refractivity (Wildman–Crippen MR) is 84.1 cm³/mol. The maximum Gasteiger partial charge on any atom is 0.161 e. The number of carbonyl (C=O) groups excluding carboxylic acids is 1. The summed E-state index contributed by atoms with van der Waals surface area (Å²) in [6, 6.07) is 5.27. The van der Waals surface area contributed by atoms with E-state index in [2.05, 4.69) is 13.8 Å². The monoisotopic (exact) mass is 308 g/mol. The topological polar surface area (TPSA) is 49.2 Å². The zero-order chi connectivity index (χ0) is 15.9. The Morgan fingerprint density at radius 1 is 1.23 bits per heavy atom. The van der Waals surface area contributed by atoms with Crippen LogP contribution in [-0.4, -0.2) is 51.3 Å². The van der Waals surface area contributed by atoms with Gasteiger partial charge in [0.25, 0.3) is 0 Å². The molecule has 0 aliphatic carbocycles. The number of quaternary nitrogens is 1. The van der Waals surface area contributed by atoms with Gasteiger partial charge in [0.15, 0.2) is 11.5 Å². The summed E-state index contributed by atoms with van der Waals surface area (Å²) < 4.78 is 17.1. The van der Waals surface area contributed by atoms with Crippen LogP contribution in [0.1, 0.15) is 31.1 Å². The minimum Gasteiger partial charge on any atom is -0.490 e. The smallest absolute Gasteiger partial charge is 0.161 e. The van der Waals surface area contributed by atoms with E-state index in [1.54, 1.807) is 18.2 Å². The van der Waals surface area contributed by atoms with Gasteiger partial charge >= 0.3 is 0 Å². The van der Waals surface area contributed by atoms with Crippen LogP contribution in [0.4, 0.5) is 0 Å². The average molecular weight is 308 g/mol. The molecule has 0 aromatic heterocycles. The summed E-state index contributed by atoms with van der Waals surface area (Å²) in [7, 11) is 0. The molecule has 5 heteroatoms. The molecule has 2 rings (SSSR count). The molecule has 1 aliphatic rings. The van der Waals surface area contributed by atoms with E-state index in [1.165, 1.54) is 4.90 Å². The van der Waals surface area contributed by atoms with E-state index in [9.17, 15) is 4.79 Å².